The van der Waals surface area contributed by atoms with E-state index in [9.17, 15) is 0 Å². The molecule has 0 aliphatic carbocycles. The standard InChI is InChI=1S/C112H196S7Si6/c1-15-23-31-47-81-120(9,82-48-32-24-16-2)89-55-39-43-59-93-124(13,94-60-44-40-56-90-121(10,83-49-33-25-17-3)84-50-34-26-18-4)97-63-65-99-67-69-101(113-99)103-71-73-105(115-103)107-75-77-109(117-107)111-79-80-112(119-111)110-78-76-108(118-110)106-74-72-104(116-106)102-70-68-100(114-102)66-64-98-125(14,95-61-45-41-57-91-122(11,85-51-35-27-19-5)86-52-36-28-20-6)96-62-46-42-58-92-123(12,87-53-37-29-21-7)88-54-38-30-22-8/h67-80H,15-66,81-98H2,1-14H3. The maximum atomic E-state index is 2.87. The summed E-state index contributed by atoms with van der Waals surface area (Å²) in [6.07, 6.45) is 75.7. The van der Waals surface area contributed by atoms with Crippen LogP contribution < -0.4 is 0 Å². The van der Waals surface area contributed by atoms with Crippen LogP contribution in [0.1, 0.15) is 386 Å². The molecule has 0 aliphatic rings. The second-order valence-electron chi connectivity index (χ2n) is 43.1. The molecular formula is C112H196S7Si6. The van der Waals surface area contributed by atoms with Gasteiger partial charge in [-0.2, -0.15) is 0 Å². The second-order valence-corrected chi connectivity index (χ2v) is 81.5. The predicted molar refractivity (Wildman–Crippen MR) is 604 cm³/mol. The molecule has 0 bridgehead atoms. The van der Waals surface area contributed by atoms with E-state index < -0.39 is 48.4 Å². The maximum Gasteiger partial charge on any atom is 0.0504 e. The molecule has 0 aliphatic heterocycles. The minimum absolute atomic E-state index is 1.13. The van der Waals surface area contributed by atoms with E-state index in [1.165, 1.54) is 404 Å². The fourth-order valence-electron chi connectivity index (χ4n) is 21.6. The van der Waals surface area contributed by atoms with Crippen LogP contribution in [-0.2, 0) is 12.8 Å². The molecular weight excluding hydrogens is 1740 g/mol. The number of thiophene rings is 7. The van der Waals surface area contributed by atoms with E-state index in [0.717, 1.165) is 0 Å². The summed E-state index contributed by atoms with van der Waals surface area (Å²) < 4.78 is 0. The number of rotatable bonds is 82. The van der Waals surface area contributed by atoms with Crippen molar-refractivity contribution in [3.05, 3.63) is 94.7 Å². The van der Waals surface area contributed by atoms with Gasteiger partial charge in [0.15, 0.2) is 0 Å². The second kappa shape index (κ2) is 65.0. The molecule has 0 unspecified atom stereocenters. The molecule has 0 fully saturated rings. The van der Waals surface area contributed by atoms with E-state index in [1.54, 1.807) is 106 Å². The summed E-state index contributed by atoms with van der Waals surface area (Å²) in [5, 5.41) is 0. The largest absolute Gasteiger partial charge is 0.139 e. The van der Waals surface area contributed by atoms with E-state index in [4.69, 9.17) is 0 Å². The van der Waals surface area contributed by atoms with Gasteiger partial charge in [-0.05, 0) is 97.8 Å². The van der Waals surface area contributed by atoms with Gasteiger partial charge in [0.1, 0.15) is 0 Å². The van der Waals surface area contributed by atoms with Crippen LogP contribution in [0.4, 0.5) is 0 Å². The minimum atomic E-state index is -1.35. The van der Waals surface area contributed by atoms with Gasteiger partial charge in [0.05, 0.1) is 48.4 Å². The summed E-state index contributed by atoms with van der Waals surface area (Å²) in [6.45, 7) is 36.1. The van der Waals surface area contributed by atoms with E-state index in [-0.39, 0.29) is 0 Å². The Morgan fingerprint density at radius 3 is 0.384 bits per heavy atom. The van der Waals surface area contributed by atoms with Gasteiger partial charge < -0.3 is 0 Å². The molecule has 7 aromatic rings. The first-order valence-corrected chi connectivity index (χ1v) is 78.9. The van der Waals surface area contributed by atoms with Crippen LogP contribution in [0, 0.1) is 0 Å². The van der Waals surface area contributed by atoms with Gasteiger partial charge in [0.25, 0.3) is 0 Å². The molecule has 0 nitrogen and oxygen atoms in total. The van der Waals surface area contributed by atoms with Gasteiger partial charge in [-0.25, -0.2) is 0 Å². The molecule has 7 aromatic heterocycles. The molecule has 13 heteroatoms. The summed E-state index contributed by atoms with van der Waals surface area (Å²) in [5.74, 6) is 0. The van der Waals surface area contributed by atoms with Gasteiger partial charge in [0.2, 0.25) is 0 Å². The normalized spacial score (nSPS) is 12.7. The Hall–Kier alpha value is -0.799. The van der Waals surface area contributed by atoms with Crippen LogP contribution >= 0.6 is 79.4 Å². The third-order valence-electron chi connectivity index (χ3n) is 30.5. The average Bonchev–Trinajstić information content (AvgIpc) is 1.65. The van der Waals surface area contributed by atoms with Crippen molar-refractivity contribution in [3.8, 4) is 58.5 Å². The third-order valence-corrected chi connectivity index (χ3v) is 67.5. The van der Waals surface area contributed by atoms with Crippen LogP contribution in [0.5, 0.6) is 0 Å². The van der Waals surface area contributed by atoms with E-state index in [0.29, 0.717) is 0 Å². The third kappa shape index (κ3) is 45.2. The van der Waals surface area contributed by atoms with Gasteiger partial charge in [-0.15, -0.1) is 79.4 Å². The SMILES string of the molecule is CCCCCC[Si](C)(CCCCCC)CCCCCC[Si](C)(CCCCCC[Si](C)(CCCCCC)CCCCCC)CCCc1ccc(-c2ccc(-c3ccc(-c4ccc(-c5ccc(-c6ccc(-c7ccc(CCC[Si](C)(CCCCCC[Si](C)(CCCCCC)CCCCCC)CCCCCC[Si](C)(CCCCCC)CCCCCC)s7)s6)s5)s4)s3)s2)s1. The van der Waals surface area contributed by atoms with E-state index in [2.05, 4.69) is 202 Å². The average molecular weight is 1940 g/mol. The lowest BCUT2D eigenvalue weighted by Crippen LogP contribution is -2.30. The fourth-order valence-corrected chi connectivity index (χ4v) is 53.5. The first-order chi connectivity index (χ1) is 60.8. The smallest absolute Gasteiger partial charge is 0.0504 e. The van der Waals surface area contributed by atoms with Gasteiger partial charge in [-0.3, -0.25) is 0 Å². The van der Waals surface area contributed by atoms with Crippen molar-refractivity contribution in [1.29, 1.82) is 0 Å². The van der Waals surface area contributed by atoms with Crippen LogP contribution in [0.25, 0.3) is 58.5 Å². The molecule has 0 saturated carbocycles. The van der Waals surface area contributed by atoms with Gasteiger partial charge >= 0.3 is 0 Å². The first kappa shape index (κ1) is 111. The highest BCUT2D eigenvalue weighted by Gasteiger charge is 2.32. The molecule has 0 radical (unpaired) electrons. The molecule has 0 atom stereocenters. The Kier molecular flexibility index (Phi) is 57.9. The number of unbranched alkanes of at least 4 members (excludes halogenated alkanes) is 36. The number of hydrogen-bond donors (Lipinski definition) is 0. The lowest BCUT2D eigenvalue weighted by molar-refractivity contribution is 0.657. The fraction of sp³-hybridized carbons (Fsp3) is 0.750. The van der Waals surface area contributed by atoms with Crippen molar-refractivity contribution in [2.75, 3.05) is 0 Å². The molecule has 125 heavy (non-hydrogen) atoms. The molecule has 0 spiro atoms. The highest BCUT2D eigenvalue weighted by molar-refractivity contribution is 7.31. The van der Waals surface area contributed by atoms with E-state index >= 15 is 0 Å². The van der Waals surface area contributed by atoms with Crippen molar-refractivity contribution in [1.82, 2.24) is 0 Å². The summed E-state index contributed by atoms with van der Waals surface area (Å²) in [7, 11) is -7.22. The number of aryl methyl sites for hydroxylation is 2. The Morgan fingerprint density at radius 1 is 0.136 bits per heavy atom. The molecule has 0 aromatic carbocycles. The zero-order valence-electron chi connectivity index (χ0n) is 84.4. The highest BCUT2D eigenvalue weighted by atomic mass is 32.1. The molecule has 7 heterocycles. The Morgan fingerprint density at radius 2 is 0.248 bits per heavy atom. The highest BCUT2D eigenvalue weighted by Crippen LogP contribution is 2.49. The van der Waals surface area contributed by atoms with Crippen LogP contribution in [-0.4, -0.2) is 48.4 Å². The molecule has 710 valence electrons. The summed E-state index contributed by atoms with van der Waals surface area (Å²) in [4.78, 5) is 20.2. The topological polar surface area (TPSA) is 0 Å². The van der Waals surface area contributed by atoms with Crippen molar-refractivity contribution in [2.45, 2.75) is 537 Å². The lowest BCUT2D eigenvalue weighted by atomic mass is 10.2. The van der Waals surface area contributed by atoms with Crippen LogP contribution in [0.15, 0.2) is 84.9 Å². The summed E-state index contributed by atoms with van der Waals surface area (Å²) >= 11 is 14.1. The zero-order chi connectivity index (χ0) is 89.4. The molecule has 0 saturated heterocycles. The Balaban J connectivity index is 0.902. The van der Waals surface area contributed by atoms with Gasteiger partial charge in [-0.1, -0.05) is 525 Å². The molecule has 0 amide bonds. The van der Waals surface area contributed by atoms with Crippen molar-refractivity contribution < 1.29 is 0 Å². The van der Waals surface area contributed by atoms with Crippen LogP contribution in [0.2, 0.25) is 148 Å². The van der Waals surface area contributed by atoms with Crippen LogP contribution in [0.3, 0.4) is 0 Å². The first-order valence-electron chi connectivity index (χ1n) is 54.5. The predicted octanol–water partition coefficient (Wildman–Crippen LogP) is 45.3. The monoisotopic (exact) mass is 1930 g/mol. The lowest BCUT2D eigenvalue weighted by Gasteiger charge is -2.29. The zero-order valence-corrected chi connectivity index (χ0v) is 96.2. The number of hydrogen-bond acceptors (Lipinski definition) is 7. The Labute approximate surface area is 810 Å². The van der Waals surface area contributed by atoms with Crippen molar-refractivity contribution >= 4 is 128 Å². The summed E-state index contributed by atoms with van der Waals surface area (Å²) in [6, 6.07) is 62.5. The maximum absolute atomic E-state index is 2.87. The minimum Gasteiger partial charge on any atom is -0.139 e. The summed E-state index contributed by atoms with van der Waals surface area (Å²) in [5.41, 5.74) is 0. The molecule has 7 rings (SSSR count). The Bertz CT molecular complexity index is 3380. The quantitative estimate of drug-likeness (QED) is 0.0263. The molecule has 0 N–H and O–H groups in total. The van der Waals surface area contributed by atoms with Gasteiger partial charge in [0, 0.05) is 68.3 Å². The van der Waals surface area contributed by atoms with Crippen molar-refractivity contribution in [2.24, 2.45) is 0 Å². The van der Waals surface area contributed by atoms with E-state index in [1.807, 2.05) is 56.7 Å². The van der Waals surface area contributed by atoms with Crippen molar-refractivity contribution in [3.63, 3.8) is 0 Å².